The lowest BCUT2D eigenvalue weighted by molar-refractivity contribution is 0.688. The predicted octanol–water partition coefficient (Wildman–Crippen LogP) is 5.19. The molecule has 2 aromatic heterocycles. The van der Waals surface area contributed by atoms with E-state index in [2.05, 4.69) is 63.3 Å². The van der Waals surface area contributed by atoms with Crippen molar-refractivity contribution < 1.29 is 0 Å². The zero-order valence-corrected chi connectivity index (χ0v) is 14.3. The monoisotopic (exact) mass is 361 g/mol. The molecule has 0 bridgehead atoms. The molecule has 3 nitrogen and oxygen atoms in total. The Kier molecular flexibility index (Phi) is 4.22. The Morgan fingerprint density at radius 3 is 2.90 bits per heavy atom. The summed E-state index contributed by atoms with van der Waals surface area (Å²) in [5, 5.41) is 5.46. The van der Waals surface area contributed by atoms with Gasteiger partial charge in [-0.25, -0.2) is 4.98 Å². The molecule has 0 unspecified atom stereocenters. The lowest BCUT2D eigenvalue weighted by atomic mass is 10.1. The number of nitrogens with zero attached hydrogens (tertiary/aromatic N) is 2. The van der Waals surface area contributed by atoms with Crippen molar-refractivity contribution in [3.05, 3.63) is 41.1 Å². The van der Waals surface area contributed by atoms with Crippen molar-refractivity contribution in [2.75, 3.05) is 11.9 Å². The van der Waals surface area contributed by atoms with Crippen LogP contribution in [0.25, 0.3) is 21.3 Å². The van der Waals surface area contributed by atoms with Crippen LogP contribution in [-0.4, -0.2) is 16.5 Å². The Labute approximate surface area is 136 Å². The highest BCUT2D eigenvalue weighted by molar-refractivity contribution is 9.10. The SMILES string of the molecule is CC(C)CNc1ncc(-c2ccc(Br)c3cccnc23)s1. The average Bonchev–Trinajstić information content (AvgIpc) is 2.94. The molecule has 0 aliphatic carbocycles. The van der Waals surface area contributed by atoms with Crippen LogP contribution in [0.4, 0.5) is 5.13 Å². The number of halogens is 1. The Balaban J connectivity index is 1.99. The summed E-state index contributed by atoms with van der Waals surface area (Å²) >= 11 is 5.26. The molecule has 0 aliphatic heterocycles. The smallest absolute Gasteiger partial charge is 0.183 e. The third-order valence-electron chi connectivity index (χ3n) is 3.15. The fraction of sp³-hybridized carbons (Fsp3) is 0.250. The van der Waals surface area contributed by atoms with Gasteiger partial charge in [-0.3, -0.25) is 4.98 Å². The van der Waals surface area contributed by atoms with Gasteiger partial charge in [0.15, 0.2) is 5.13 Å². The van der Waals surface area contributed by atoms with Gasteiger partial charge in [-0.05, 0) is 18.1 Å². The van der Waals surface area contributed by atoms with E-state index in [9.17, 15) is 0 Å². The molecule has 1 aromatic carbocycles. The largest absolute Gasteiger partial charge is 0.361 e. The predicted molar refractivity (Wildman–Crippen MR) is 93.9 cm³/mol. The van der Waals surface area contributed by atoms with E-state index in [0.29, 0.717) is 5.92 Å². The molecule has 2 heterocycles. The van der Waals surface area contributed by atoms with E-state index in [1.807, 2.05) is 18.5 Å². The highest BCUT2D eigenvalue weighted by Crippen LogP contribution is 2.35. The zero-order valence-electron chi connectivity index (χ0n) is 11.9. The molecule has 0 aliphatic rings. The van der Waals surface area contributed by atoms with Crippen LogP contribution in [0.15, 0.2) is 41.1 Å². The van der Waals surface area contributed by atoms with E-state index in [4.69, 9.17) is 0 Å². The molecule has 3 aromatic rings. The molecule has 3 rings (SSSR count). The Morgan fingerprint density at radius 2 is 2.10 bits per heavy atom. The summed E-state index contributed by atoms with van der Waals surface area (Å²) in [5.74, 6) is 0.604. The number of fused-ring (bicyclic) bond motifs is 1. The number of nitrogens with one attached hydrogen (secondary N) is 1. The van der Waals surface area contributed by atoms with Crippen molar-refractivity contribution in [2.45, 2.75) is 13.8 Å². The number of aromatic nitrogens is 2. The molecular weight excluding hydrogens is 346 g/mol. The van der Waals surface area contributed by atoms with Crippen molar-refractivity contribution in [1.82, 2.24) is 9.97 Å². The maximum atomic E-state index is 4.53. The zero-order chi connectivity index (χ0) is 14.8. The van der Waals surface area contributed by atoms with Gasteiger partial charge in [-0.15, -0.1) is 0 Å². The minimum atomic E-state index is 0.604. The molecule has 0 spiro atoms. The van der Waals surface area contributed by atoms with E-state index in [1.165, 1.54) is 0 Å². The van der Waals surface area contributed by atoms with Gasteiger partial charge in [0.2, 0.25) is 0 Å². The van der Waals surface area contributed by atoms with Crippen molar-refractivity contribution in [2.24, 2.45) is 5.92 Å². The second-order valence-corrected chi connectivity index (χ2v) is 7.18. The number of hydrogen-bond donors (Lipinski definition) is 1. The van der Waals surface area contributed by atoms with Gasteiger partial charge < -0.3 is 5.32 Å². The number of rotatable bonds is 4. The number of thiazole rings is 1. The molecule has 0 amide bonds. The summed E-state index contributed by atoms with van der Waals surface area (Å²) in [7, 11) is 0. The van der Waals surface area contributed by atoms with Gasteiger partial charge in [0.1, 0.15) is 0 Å². The molecule has 0 saturated heterocycles. The lowest BCUT2D eigenvalue weighted by Gasteiger charge is -2.05. The Hall–Kier alpha value is -1.46. The molecule has 0 saturated carbocycles. The number of benzene rings is 1. The van der Waals surface area contributed by atoms with Crippen LogP contribution in [0.3, 0.4) is 0 Å². The van der Waals surface area contributed by atoms with Gasteiger partial charge in [0.25, 0.3) is 0 Å². The van der Waals surface area contributed by atoms with Gasteiger partial charge in [0, 0.05) is 34.4 Å². The molecule has 108 valence electrons. The van der Waals surface area contributed by atoms with Crippen LogP contribution in [0.5, 0.6) is 0 Å². The minimum Gasteiger partial charge on any atom is -0.361 e. The normalized spacial score (nSPS) is 11.2. The molecule has 21 heavy (non-hydrogen) atoms. The average molecular weight is 362 g/mol. The van der Waals surface area contributed by atoms with Gasteiger partial charge in [-0.1, -0.05) is 53.2 Å². The molecule has 5 heteroatoms. The quantitative estimate of drug-likeness (QED) is 0.694. The Morgan fingerprint density at radius 1 is 1.24 bits per heavy atom. The van der Waals surface area contributed by atoms with Crippen LogP contribution in [0, 0.1) is 5.92 Å². The standard InChI is InChI=1S/C16H16BrN3S/c1-10(2)8-19-16-20-9-14(21-16)12-5-6-13(17)11-4-3-7-18-15(11)12/h3-7,9-10H,8H2,1-2H3,(H,19,20). The van der Waals surface area contributed by atoms with Crippen LogP contribution < -0.4 is 5.32 Å². The van der Waals surface area contributed by atoms with Crippen molar-refractivity contribution in [3.8, 4) is 10.4 Å². The van der Waals surface area contributed by atoms with Crippen molar-refractivity contribution >= 4 is 43.3 Å². The third-order valence-corrected chi connectivity index (χ3v) is 4.83. The van der Waals surface area contributed by atoms with E-state index in [-0.39, 0.29) is 0 Å². The fourth-order valence-corrected chi connectivity index (χ4v) is 3.41. The maximum Gasteiger partial charge on any atom is 0.183 e. The number of anilines is 1. The first-order valence-electron chi connectivity index (χ1n) is 6.88. The van der Waals surface area contributed by atoms with E-state index in [1.54, 1.807) is 11.3 Å². The Bertz CT molecular complexity index is 767. The van der Waals surface area contributed by atoms with Gasteiger partial charge in [-0.2, -0.15) is 0 Å². The van der Waals surface area contributed by atoms with Crippen LogP contribution >= 0.6 is 27.3 Å². The molecular formula is C16H16BrN3S. The third kappa shape index (κ3) is 3.09. The minimum absolute atomic E-state index is 0.604. The van der Waals surface area contributed by atoms with Crippen LogP contribution in [-0.2, 0) is 0 Å². The topological polar surface area (TPSA) is 37.8 Å². The molecule has 0 fully saturated rings. The molecule has 0 radical (unpaired) electrons. The first kappa shape index (κ1) is 14.5. The summed E-state index contributed by atoms with van der Waals surface area (Å²) in [4.78, 5) is 10.1. The molecule has 1 N–H and O–H groups in total. The number of hydrogen-bond acceptors (Lipinski definition) is 4. The number of pyridine rings is 1. The summed E-state index contributed by atoms with van der Waals surface area (Å²) in [6.45, 7) is 5.31. The van der Waals surface area contributed by atoms with Gasteiger partial charge in [0.05, 0.1) is 10.4 Å². The van der Waals surface area contributed by atoms with E-state index >= 15 is 0 Å². The lowest BCUT2D eigenvalue weighted by Crippen LogP contribution is -2.07. The second kappa shape index (κ2) is 6.12. The highest BCUT2D eigenvalue weighted by Gasteiger charge is 2.10. The van der Waals surface area contributed by atoms with Crippen LogP contribution in [0.2, 0.25) is 0 Å². The second-order valence-electron chi connectivity index (χ2n) is 5.30. The first-order chi connectivity index (χ1) is 10.1. The van der Waals surface area contributed by atoms with E-state index in [0.717, 1.165) is 37.5 Å². The summed E-state index contributed by atoms with van der Waals surface area (Å²) in [6.07, 6.45) is 3.75. The fourth-order valence-electron chi connectivity index (χ4n) is 2.11. The van der Waals surface area contributed by atoms with Gasteiger partial charge >= 0.3 is 0 Å². The first-order valence-corrected chi connectivity index (χ1v) is 8.49. The van der Waals surface area contributed by atoms with Crippen molar-refractivity contribution in [1.29, 1.82) is 0 Å². The van der Waals surface area contributed by atoms with Crippen molar-refractivity contribution in [3.63, 3.8) is 0 Å². The maximum absolute atomic E-state index is 4.53. The molecule has 0 atom stereocenters. The summed E-state index contributed by atoms with van der Waals surface area (Å²) in [6, 6.07) is 8.20. The van der Waals surface area contributed by atoms with Crippen LogP contribution in [0.1, 0.15) is 13.8 Å². The summed E-state index contributed by atoms with van der Waals surface area (Å²) in [5.41, 5.74) is 2.13. The highest BCUT2D eigenvalue weighted by atomic mass is 79.9. The summed E-state index contributed by atoms with van der Waals surface area (Å²) < 4.78 is 1.07. The van der Waals surface area contributed by atoms with E-state index < -0.39 is 0 Å².